The number of para-hydroxylation sites is 1. The summed E-state index contributed by atoms with van der Waals surface area (Å²) in [7, 11) is 1.79. The number of aromatic nitrogens is 1. The van der Waals surface area contributed by atoms with Gasteiger partial charge in [0.15, 0.2) is 5.75 Å². The number of aryl methyl sites for hydroxylation is 1. The maximum atomic E-state index is 13.9. The van der Waals surface area contributed by atoms with Crippen molar-refractivity contribution in [3.8, 4) is 17.0 Å². The van der Waals surface area contributed by atoms with Crippen LogP contribution in [-0.4, -0.2) is 17.1 Å². The number of rotatable bonds is 2. The summed E-state index contributed by atoms with van der Waals surface area (Å²) in [5.41, 5.74) is 2.88. The number of hydrogen-bond donors (Lipinski definition) is 0. The third-order valence-corrected chi connectivity index (χ3v) is 5.63. The molecule has 1 atom stereocenters. The van der Waals surface area contributed by atoms with E-state index in [0.717, 1.165) is 22.6 Å². The highest BCUT2D eigenvalue weighted by molar-refractivity contribution is 5.91. The highest BCUT2D eigenvalue weighted by Crippen LogP contribution is 2.50. The van der Waals surface area contributed by atoms with Gasteiger partial charge in [-0.3, -0.25) is 0 Å². The lowest BCUT2D eigenvalue weighted by Crippen LogP contribution is -2.22. The van der Waals surface area contributed by atoms with Crippen molar-refractivity contribution in [2.75, 3.05) is 7.05 Å². The van der Waals surface area contributed by atoms with Gasteiger partial charge in [0.1, 0.15) is 6.04 Å². The summed E-state index contributed by atoms with van der Waals surface area (Å²) in [6.45, 7) is 1.99. The SMILES string of the molecule is Cc1ccc(C2c3c(-c4ccccc4C(F)(F)F)nc4ccccc4c3ON2C)cc1. The highest BCUT2D eigenvalue weighted by atomic mass is 19.4. The zero-order chi connectivity index (χ0) is 21.8. The molecule has 0 N–H and O–H groups in total. The summed E-state index contributed by atoms with van der Waals surface area (Å²) < 4.78 is 41.6. The summed E-state index contributed by atoms with van der Waals surface area (Å²) in [5.74, 6) is 0.547. The van der Waals surface area contributed by atoms with Crippen molar-refractivity contribution in [3.63, 3.8) is 0 Å². The van der Waals surface area contributed by atoms with Crippen molar-refractivity contribution in [1.29, 1.82) is 0 Å². The normalized spacial score (nSPS) is 16.4. The van der Waals surface area contributed by atoms with Gasteiger partial charge >= 0.3 is 6.18 Å². The lowest BCUT2D eigenvalue weighted by molar-refractivity contribution is -0.137. The second-order valence-electron chi connectivity index (χ2n) is 7.71. The molecule has 6 heteroatoms. The molecular formula is C25H19F3N2O. The van der Waals surface area contributed by atoms with E-state index in [0.29, 0.717) is 16.8 Å². The van der Waals surface area contributed by atoms with Gasteiger partial charge in [-0.05, 0) is 30.7 Å². The number of alkyl halides is 3. The lowest BCUT2D eigenvalue weighted by Gasteiger charge is -2.20. The van der Waals surface area contributed by atoms with Gasteiger partial charge in [0, 0.05) is 23.6 Å². The van der Waals surface area contributed by atoms with Crippen LogP contribution < -0.4 is 4.84 Å². The van der Waals surface area contributed by atoms with E-state index in [2.05, 4.69) is 0 Å². The Bertz CT molecular complexity index is 1280. The zero-order valence-electron chi connectivity index (χ0n) is 16.9. The fraction of sp³-hybridized carbons (Fsp3) is 0.160. The van der Waals surface area contributed by atoms with E-state index >= 15 is 0 Å². The number of halogens is 3. The van der Waals surface area contributed by atoms with E-state index in [1.165, 1.54) is 12.1 Å². The lowest BCUT2D eigenvalue weighted by atomic mass is 9.91. The Hall–Kier alpha value is -3.38. The van der Waals surface area contributed by atoms with Crippen LogP contribution in [0.3, 0.4) is 0 Å². The first kappa shape index (κ1) is 19.6. The van der Waals surface area contributed by atoms with Crippen molar-refractivity contribution < 1.29 is 18.0 Å². The average Bonchev–Trinajstić information content (AvgIpc) is 3.10. The van der Waals surface area contributed by atoms with Crippen molar-refractivity contribution >= 4 is 10.9 Å². The first-order valence-electron chi connectivity index (χ1n) is 9.91. The smallest absolute Gasteiger partial charge is 0.404 e. The molecule has 4 aromatic rings. The molecule has 156 valence electrons. The Morgan fingerprint density at radius 3 is 2.32 bits per heavy atom. The van der Waals surface area contributed by atoms with Gasteiger partial charge < -0.3 is 4.84 Å². The number of benzene rings is 3. The summed E-state index contributed by atoms with van der Waals surface area (Å²) in [5, 5.41) is 2.45. The minimum Gasteiger partial charge on any atom is -0.404 e. The van der Waals surface area contributed by atoms with Crippen LogP contribution in [0.5, 0.6) is 5.75 Å². The van der Waals surface area contributed by atoms with Gasteiger partial charge in [-0.2, -0.15) is 13.2 Å². The van der Waals surface area contributed by atoms with Crippen LogP contribution in [0.2, 0.25) is 0 Å². The number of pyridine rings is 1. The van der Waals surface area contributed by atoms with E-state index < -0.39 is 11.7 Å². The molecule has 3 nitrogen and oxygen atoms in total. The quantitative estimate of drug-likeness (QED) is 0.367. The molecule has 0 fully saturated rings. The first-order valence-corrected chi connectivity index (χ1v) is 9.91. The third kappa shape index (κ3) is 3.24. The fourth-order valence-corrected chi connectivity index (χ4v) is 4.19. The molecule has 1 aliphatic rings. The second kappa shape index (κ2) is 7.10. The van der Waals surface area contributed by atoms with E-state index in [4.69, 9.17) is 9.82 Å². The summed E-state index contributed by atoms with van der Waals surface area (Å²) in [4.78, 5) is 10.8. The Balaban J connectivity index is 1.85. The maximum Gasteiger partial charge on any atom is 0.417 e. The van der Waals surface area contributed by atoms with Crippen molar-refractivity contribution in [2.45, 2.75) is 19.1 Å². The van der Waals surface area contributed by atoms with Gasteiger partial charge in [-0.25, -0.2) is 4.98 Å². The van der Waals surface area contributed by atoms with Gasteiger partial charge in [-0.1, -0.05) is 60.2 Å². The Morgan fingerprint density at radius 1 is 0.903 bits per heavy atom. The molecule has 5 rings (SSSR count). The molecule has 0 amide bonds. The van der Waals surface area contributed by atoms with Crippen LogP contribution in [-0.2, 0) is 6.18 Å². The number of hydroxylamine groups is 2. The van der Waals surface area contributed by atoms with Crippen LogP contribution in [0.1, 0.15) is 28.3 Å². The number of hydrogen-bond acceptors (Lipinski definition) is 3. The highest BCUT2D eigenvalue weighted by Gasteiger charge is 2.40. The molecule has 0 radical (unpaired) electrons. The predicted octanol–water partition coefficient (Wildman–Crippen LogP) is 6.56. The molecule has 0 aliphatic carbocycles. The average molecular weight is 420 g/mol. The van der Waals surface area contributed by atoms with E-state index in [9.17, 15) is 13.2 Å². The van der Waals surface area contributed by atoms with Crippen LogP contribution in [0, 0.1) is 6.92 Å². The minimum absolute atomic E-state index is 0.0491. The molecule has 31 heavy (non-hydrogen) atoms. The number of nitrogens with zero attached hydrogens (tertiary/aromatic N) is 2. The molecular weight excluding hydrogens is 401 g/mol. The Kier molecular flexibility index (Phi) is 4.48. The topological polar surface area (TPSA) is 25.4 Å². The molecule has 1 aliphatic heterocycles. The molecule has 3 aromatic carbocycles. The van der Waals surface area contributed by atoms with Gasteiger partial charge in [0.05, 0.1) is 16.8 Å². The largest absolute Gasteiger partial charge is 0.417 e. The van der Waals surface area contributed by atoms with Crippen molar-refractivity contribution in [3.05, 3.63) is 95.1 Å². The molecule has 0 saturated heterocycles. The van der Waals surface area contributed by atoms with Gasteiger partial charge in [-0.15, -0.1) is 5.06 Å². The van der Waals surface area contributed by atoms with E-state index in [1.807, 2.05) is 49.4 Å². The van der Waals surface area contributed by atoms with Crippen LogP contribution >= 0.6 is 0 Å². The van der Waals surface area contributed by atoms with Gasteiger partial charge in [0.25, 0.3) is 0 Å². The maximum absolute atomic E-state index is 13.9. The summed E-state index contributed by atoms with van der Waals surface area (Å²) >= 11 is 0. The van der Waals surface area contributed by atoms with Crippen LogP contribution in [0.15, 0.2) is 72.8 Å². The van der Waals surface area contributed by atoms with Crippen molar-refractivity contribution in [1.82, 2.24) is 10.0 Å². The van der Waals surface area contributed by atoms with E-state index in [1.54, 1.807) is 24.2 Å². The van der Waals surface area contributed by atoms with Crippen LogP contribution in [0.25, 0.3) is 22.2 Å². The number of fused-ring (bicyclic) bond motifs is 3. The predicted molar refractivity (Wildman–Crippen MR) is 114 cm³/mol. The standard InChI is InChI=1S/C25H19F3N2O/c1-15-11-13-16(14-12-15)23-21-22(17-7-3-5-9-19(17)25(26,27)28)29-20-10-6-4-8-18(20)24(21)31-30(23)2/h3-14,23H,1-2H3. The van der Waals surface area contributed by atoms with Crippen molar-refractivity contribution in [2.24, 2.45) is 0 Å². The molecule has 1 unspecified atom stereocenters. The molecule has 0 bridgehead atoms. The Morgan fingerprint density at radius 2 is 1.58 bits per heavy atom. The summed E-state index contributed by atoms with van der Waals surface area (Å²) in [6, 6.07) is 20.5. The van der Waals surface area contributed by atoms with E-state index in [-0.39, 0.29) is 17.3 Å². The fourth-order valence-electron chi connectivity index (χ4n) is 4.19. The summed E-state index contributed by atoms with van der Waals surface area (Å²) in [6.07, 6.45) is -4.50. The molecule has 0 spiro atoms. The monoisotopic (exact) mass is 420 g/mol. The molecule has 0 saturated carbocycles. The first-order chi connectivity index (χ1) is 14.8. The zero-order valence-corrected chi connectivity index (χ0v) is 16.9. The van der Waals surface area contributed by atoms with Crippen LogP contribution in [0.4, 0.5) is 13.2 Å². The second-order valence-corrected chi connectivity index (χ2v) is 7.71. The van der Waals surface area contributed by atoms with Gasteiger partial charge in [0.2, 0.25) is 0 Å². The molecule has 1 aromatic heterocycles. The minimum atomic E-state index is -4.50. The molecule has 2 heterocycles. The Labute approximate surface area is 177 Å². The third-order valence-electron chi connectivity index (χ3n) is 5.63.